The van der Waals surface area contributed by atoms with Gasteiger partial charge in [0.25, 0.3) is 0 Å². The number of phenols is 1. The van der Waals surface area contributed by atoms with E-state index >= 15 is 0 Å². The lowest BCUT2D eigenvalue weighted by Crippen LogP contribution is -2.16. The number of hydrogen-bond donors (Lipinski definition) is 2. The van der Waals surface area contributed by atoms with E-state index in [2.05, 4.69) is 17.4 Å². The molecule has 96 valence electrons. The highest BCUT2D eigenvalue weighted by molar-refractivity contribution is 5.85. The highest BCUT2D eigenvalue weighted by Gasteiger charge is 1.98. The normalized spacial score (nSPS) is 9.78. The molecule has 0 aromatic heterocycles. The van der Waals surface area contributed by atoms with Crippen LogP contribution in [0.3, 0.4) is 0 Å². The first kappa shape index (κ1) is 14.6. The predicted molar refractivity (Wildman–Crippen MR) is 77.2 cm³/mol. The van der Waals surface area contributed by atoms with Crippen molar-refractivity contribution < 1.29 is 5.11 Å². The second kappa shape index (κ2) is 7.75. The van der Waals surface area contributed by atoms with Crippen molar-refractivity contribution in [2.75, 3.05) is 6.54 Å². The van der Waals surface area contributed by atoms with Crippen molar-refractivity contribution in [3.05, 3.63) is 65.7 Å². The minimum absolute atomic E-state index is 0. The van der Waals surface area contributed by atoms with Gasteiger partial charge in [0.05, 0.1) is 0 Å². The van der Waals surface area contributed by atoms with Gasteiger partial charge >= 0.3 is 0 Å². The molecule has 0 unspecified atom stereocenters. The van der Waals surface area contributed by atoms with E-state index in [4.69, 9.17) is 0 Å². The molecule has 0 saturated carbocycles. The zero-order valence-electron chi connectivity index (χ0n) is 10.2. The molecule has 18 heavy (non-hydrogen) atoms. The van der Waals surface area contributed by atoms with Crippen molar-refractivity contribution in [2.24, 2.45) is 0 Å². The zero-order chi connectivity index (χ0) is 11.9. The Morgan fingerprint density at radius 1 is 0.889 bits per heavy atom. The van der Waals surface area contributed by atoms with Crippen LogP contribution >= 0.6 is 12.4 Å². The maximum Gasteiger partial charge on any atom is 0.118 e. The molecular weight excluding hydrogens is 246 g/mol. The smallest absolute Gasteiger partial charge is 0.118 e. The molecule has 3 heteroatoms. The molecule has 2 nitrogen and oxygen atoms in total. The number of phenolic OH excluding ortho intramolecular Hbond substituents is 1. The average Bonchev–Trinajstić information content (AvgIpc) is 2.38. The van der Waals surface area contributed by atoms with Crippen LogP contribution in [-0.4, -0.2) is 11.7 Å². The fourth-order valence-corrected chi connectivity index (χ4v) is 1.77. The van der Waals surface area contributed by atoms with Gasteiger partial charge in [-0.3, -0.25) is 0 Å². The van der Waals surface area contributed by atoms with Crippen LogP contribution in [0.5, 0.6) is 5.75 Å². The van der Waals surface area contributed by atoms with Gasteiger partial charge in [0.2, 0.25) is 0 Å². The number of halogens is 1. The van der Waals surface area contributed by atoms with Crippen molar-refractivity contribution in [1.82, 2.24) is 5.32 Å². The van der Waals surface area contributed by atoms with E-state index in [1.807, 2.05) is 36.4 Å². The van der Waals surface area contributed by atoms with E-state index < -0.39 is 0 Å². The second-order valence-electron chi connectivity index (χ2n) is 4.04. The zero-order valence-corrected chi connectivity index (χ0v) is 11.0. The summed E-state index contributed by atoms with van der Waals surface area (Å²) in [4.78, 5) is 0. The Balaban J connectivity index is 0.00000162. The van der Waals surface area contributed by atoms with Gasteiger partial charge in [0.1, 0.15) is 5.75 Å². The average molecular weight is 264 g/mol. The summed E-state index contributed by atoms with van der Waals surface area (Å²) in [6, 6.07) is 17.8. The molecule has 0 radical (unpaired) electrons. The number of benzene rings is 2. The van der Waals surface area contributed by atoms with Crippen LogP contribution in [0.4, 0.5) is 0 Å². The molecular formula is C15H18ClNO. The van der Waals surface area contributed by atoms with Crippen LogP contribution in [0.25, 0.3) is 0 Å². The van der Waals surface area contributed by atoms with Crippen molar-refractivity contribution in [2.45, 2.75) is 13.0 Å². The van der Waals surface area contributed by atoms with Crippen LogP contribution in [0.2, 0.25) is 0 Å². The van der Waals surface area contributed by atoms with Gasteiger partial charge in [-0.25, -0.2) is 0 Å². The Hall–Kier alpha value is -1.51. The maximum atomic E-state index is 9.60. The lowest BCUT2D eigenvalue weighted by atomic mass is 10.1. The summed E-state index contributed by atoms with van der Waals surface area (Å²) in [5.41, 5.74) is 2.28. The van der Waals surface area contributed by atoms with E-state index in [0.29, 0.717) is 5.75 Å². The summed E-state index contributed by atoms with van der Waals surface area (Å²) in [6.45, 7) is 1.74. The monoisotopic (exact) mass is 263 g/mol. The van der Waals surface area contributed by atoms with Crippen molar-refractivity contribution in [3.8, 4) is 5.75 Å². The Kier molecular flexibility index (Phi) is 6.26. The lowest BCUT2D eigenvalue weighted by molar-refractivity contribution is 0.467. The minimum Gasteiger partial charge on any atom is -0.508 e. The first-order chi connectivity index (χ1) is 8.36. The van der Waals surface area contributed by atoms with E-state index in [9.17, 15) is 5.11 Å². The topological polar surface area (TPSA) is 32.3 Å². The Bertz CT molecular complexity index is 459. The van der Waals surface area contributed by atoms with Gasteiger partial charge in [-0.1, -0.05) is 48.5 Å². The van der Waals surface area contributed by atoms with Crippen LogP contribution < -0.4 is 5.32 Å². The Morgan fingerprint density at radius 3 is 2.28 bits per heavy atom. The van der Waals surface area contributed by atoms with Crippen molar-refractivity contribution in [1.29, 1.82) is 0 Å². The summed E-state index contributed by atoms with van der Waals surface area (Å²) in [7, 11) is 0. The SMILES string of the molecule is Cl.Oc1ccccc1CCNCc1ccccc1. The molecule has 2 aromatic carbocycles. The molecule has 2 aromatic rings. The Morgan fingerprint density at radius 2 is 1.56 bits per heavy atom. The number of hydrogen-bond acceptors (Lipinski definition) is 2. The molecule has 0 bridgehead atoms. The van der Waals surface area contributed by atoms with E-state index in [0.717, 1.165) is 25.1 Å². The quantitative estimate of drug-likeness (QED) is 0.813. The van der Waals surface area contributed by atoms with Crippen molar-refractivity contribution in [3.63, 3.8) is 0 Å². The summed E-state index contributed by atoms with van der Waals surface area (Å²) in [5, 5.41) is 13.0. The molecule has 0 spiro atoms. The molecule has 0 amide bonds. The van der Waals surface area contributed by atoms with E-state index in [1.54, 1.807) is 6.07 Å². The van der Waals surface area contributed by atoms with Crippen LogP contribution in [0.1, 0.15) is 11.1 Å². The summed E-state index contributed by atoms with van der Waals surface area (Å²) >= 11 is 0. The van der Waals surface area contributed by atoms with Gasteiger partial charge < -0.3 is 10.4 Å². The fourth-order valence-electron chi connectivity index (χ4n) is 1.77. The van der Waals surface area contributed by atoms with Crippen LogP contribution in [0, 0.1) is 0 Å². The highest BCUT2D eigenvalue weighted by atomic mass is 35.5. The first-order valence-corrected chi connectivity index (χ1v) is 5.88. The summed E-state index contributed by atoms with van der Waals surface area (Å²) in [5.74, 6) is 0.383. The van der Waals surface area contributed by atoms with Gasteiger partial charge in [0, 0.05) is 6.54 Å². The largest absolute Gasteiger partial charge is 0.508 e. The standard InChI is InChI=1S/C15H17NO.ClH/c17-15-9-5-4-8-14(15)10-11-16-12-13-6-2-1-3-7-13;/h1-9,16-17H,10-12H2;1H. The van der Waals surface area contributed by atoms with Gasteiger partial charge in [0.15, 0.2) is 0 Å². The molecule has 0 saturated heterocycles. The molecule has 0 aliphatic heterocycles. The number of rotatable bonds is 5. The summed E-state index contributed by atoms with van der Waals surface area (Å²) in [6.07, 6.45) is 0.847. The number of nitrogens with one attached hydrogen (secondary N) is 1. The first-order valence-electron chi connectivity index (χ1n) is 5.88. The van der Waals surface area contributed by atoms with Crippen molar-refractivity contribution >= 4 is 12.4 Å². The van der Waals surface area contributed by atoms with Gasteiger partial charge in [-0.15, -0.1) is 12.4 Å². The molecule has 2 N–H and O–H groups in total. The molecule has 0 aliphatic carbocycles. The molecule has 0 atom stereocenters. The minimum atomic E-state index is 0. The lowest BCUT2D eigenvalue weighted by Gasteiger charge is -2.06. The van der Waals surface area contributed by atoms with Gasteiger partial charge in [-0.05, 0) is 30.2 Å². The molecule has 2 rings (SSSR count). The fraction of sp³-hybridized carbons (Fsp3) is 0.200. The Labute approximate surface area is 114 Å². The molecule has 0 fully saturated rings. The van der Waals surface area contributed by atoms with E-state index in [-0.39, 0.29) is 12.4 Å². The van der Waals surface area contributed by atoms with Crippen LogP contribution in [0.15, 0.2) is 54.6 Å². The molecule has 0 heterocycles. The third-order valence-electron chi connectivity index (χ3n) is 2.73. The number of aromatic hydroxyl groups is 1. The van der Waals surface area contributed by atoms with Crippen LogP contribution in [-0.2, 0) is 13.0 Å². The predicted octanol–water partition coefficient (Wildman–Crippen LogP) is 3.15. The second-order valence-corrected chi connectivity index (χ2v) is 4.04. The highest BCUT2D eigenvalue weighted by Crippen LogP contribution is 2.15. The molecule has 0 aliphatic rings. The summed E-state index contributed by atoms with van der Waals surface area (Å²) < 4.78 is 0. The third-order valence-corrected chi connectivity index (χ3v) is 2.73. The van der Waals surface area contributed by atoms with E-state index in [1.165, 1.54) is 5.56 Å². The third kappa shape index (κ3) is 4.40. The maximum absolute atomic E-state index is 9.60. The van der Waals surface area contributed by atoms with Gasteiger partial charge in [-0.2, -0.15) is 0 Å². The number of para-hydroxylation sites is 1.